The molecule has 0 aromatic heterocycles. The van der Waals surface area contributed by atoms with Gasteiger partial charge in [-0.05, 0) is 57.4 Å². The Balaban J connectivity index is 2.24. The van der Waals surface area contributed by atoms with Gasteiger partial charge in [0.15, 0.2) is 5.78 Å². The first-order valence-electron chi connectivity index (χ1n) is 15.6. The van der Waals surface area contributed by atoms with Gasteiger partial charge in [0.05, 0.1) is 6.04 Å². The standard InChI is InChI=1S/C33H53N3O6/c1-7-14-28(37)29(38)25(20-23-15-10-8-11-16-23)34-30(39)26(19-22(2)3)35-31(40)27(21-24-17-12-9-13-18-24)36-32(41)42-33(4,5)6/h9,12-13,17-18,22-23,25-27,29,38H,7-8,10-11,14-16,19-21H2,1-6H3,(H,34,39)(H,35,40)(H,36,41)/t25-,26-,27-,29?/m0/s1. The summed E-state index contributed by atoms with van der Waals surface area (Å²) in [5, 5.41) is 19.4. The number of Topliss-reactive ketones (excluding diaryl/α,β-unsaturated/α-hetero) is 1. The largest absolute Gasteiger partial charge is 0.444 e. The van der Waals surface area contributed by atoms with Gasteiger partial charge in [-0.2, -0.15) is 0 Å². The van der Waals surface area contributed by atoms with Crippen molar-refractivity contribution >= 4 is 23.7 Å². The minimum atomic E-state index is -1.30. The molecule has 0 aliphatic heterocycles. The van der Waals surface area contributed by atoms with Crippen molar-refractivity contribution in [2.24, 2.45) is 11.8 Å². The van der Waals surface area contributed by atoms with Crippen LogP contribution in [0.25, 0.3) is 0 Å². The van der Waals surface area contributed by atoms with Crippen molar-refractivity contribution in [3.8, 4) is 0 Å². The van der Waals surface area contributed by atoms with E-state index in [2.05, 4.69) is 16.0 Å². The van der Waals surface area contributed by atoms with Crippen molar-refractivity contribution in [3.05, 3.63) is 35.9 Å². The van der Waals surface area contributed by atoms with E-state index in [4.69, 9.17) is 4.74 Å². The summed E-state index contributed by atoms with van der Waals surface area (Å²) >= 11 is 0. The van der Waals surface area contributed by atoms with E-state index in [9.17, 15) is 24.3 Å². The lowest BCUT2D eigenvalue weighted by Gasteiger charge is -2.31. The molecule has 1 unspecified atom stereocenters. The summed E-state index contributed by atoms with van der Waals surface area (Å²) in [6, 6.07) is 6.66. The molecule has 9 heteroatoms. The topological polar surface area (TPSA) is 134 Å². The molecule has 1 aromatic carbocycles. The first kappa shape index (κ1) is 35.3. The van der Waals surface area contributed by atoms with Crippen molar-refractivity contribution in [2.45, 2.75) is 136 Å². The van der Waals surface area contributed by atoms with Crippen molar-refractivity contribution in [1.29, 1.82) is 0 Å². The number of aliphatic hydroxyl groups is 1. The summed E-state index contributed by atoms with van der Waals surface area (Å²) in [7, 11) is 0. The van der Waals surface area contributed by atoms with E-state index >= 15 is 0 Å². The monoisotopic (exact) mass is 587 g/mol. The molecular formula is C33H53N3O6. The fourth-order valence-electron chi connectivity index (χ4n) is 5.43. The molecule has 0 heterocycles. The molecule has 42 heavy (non-hydrogen) atoms. The van der Waals surface area contributed by atoms with E-state index in [0.29, 0.717) is 25.2 Å². The van der Waals surface area contributed by atoms with Crippen LogP contribution in [0.5, 0.6) is 0 Å². The van der Waals surface area contributed by atoms with Gasteiger partial charge in [0.2, 0.25) is 11.8 Å². The molecule has 4 N–H and O–H groups in total. The number of alkyl carbamates (subject to hydrolysis) is 1. The summed E-state index contributed by atoms with van der Waals surface area (Å²) in [6.07, 6.45) is 5.27. The van der Waals surface area contributed by atoms with Crippen LogP contribution in [-0.2, 0) is 25.5 Å². The Morgan fingerprint density at radius 3 is 2.12 bits per heavy atom. The SMILES string of the molecule is CCCC(=O)C(O)[C@H](CC1CCCCC1)NC(=O)[C@H](CC(C)C)NC(=O)[C@H](Cc1ccccc1)NC(=O)OC(C)(C)C. The number of hydrogen-bond acceptors (Lipinski definition) is 6. The number of hydrogen-bond donors (Lipinski definition) is 4. The molecule has 9 nitrogen and oxygen atoms in total. The van der Waals surface area contributed by atoms with E-state index in [0.717, 1.165) is 31.2 Å². The van der Waals surface area contributed by atoms with Gasteiger partial charge in [0.1, 0.15) is 23.8 Å². The molecule has 3 amide bonds. The highest BCUT2D eigenvalue weighted by Gasteiger charge is 2.34. The average Bonchev–Trinajstić information content (AvgIpc) is 2.91. The maximum Gasteiger partial charge on any atom is 0.408 e. The molecule has 1 aliphatic carbocycles. The Morgan fingerprint density at radius 1 is 0.929 bits per heavy atom. The number of aliphatic hydroxyl groups excluding tert-OH is 1. The molecule has 0 spiro atoms. The lowest BCUT2D eigenvalue weighted by atomic mass is 9.83. The first-order valence-corrected chi connectivity index (χ1v) is 15.6. The highest BCUT2D eigenvalue weighted by molar-refractivity contribution is 5.92. The van der Waals surface area contributed by atoms with E-state index in [1.165, 1.54) is 6.42 Å². The highest BCUT2D eigenvalue weighted by atomic mass is 16.6. The van der Waals surface area contributed by atoms with E-state index in [1.54, 1.807) is 20.8 Å². The van der Waals surface area contributed by atoms with Crippen LogP contribution in [0.15, 0.2) is 30.3 Å². The molecular weight excluding hydrogens is 534 g/mol. The summed E-state index contributed by atoms with van der Waals surface area (Å²) in [6.45, 7) is 11.0. The number of rotatable bonds is 15. The van der Waals surface area contributed by atoms with Crippen molar-refractivity contribution in [1.82, 2.24) is 16.0 Å². The lowest BCUT2D eigenvalue weighted by molar-refractivity contribution is -0.134. The Labute approximate surface area is 251 Å². The van der Waals surface area contributed by atoms with Gasteiger partial charge in [0.25, 0.3) is 0 Å². The molecule has 0 radical (unpaired) electrons. The molecule has 1 aliphatic rings. The number of benzene rings is 1. The number of carbonyl (C=O) groups excluding carboxylic acids is 4. The van der Waals surface area contributed by atoms with Crippen molar-refractivity contribution in [2.75, 3.05) is 0 Å². The Kier molecular flexibility index (Phi) is 14.5. The summed E-state index contributed by atoms with van der Waals surface area (Å²) < 4.78 is 5.40. The van der Waals surface area contributed by atoms with Gasteiger partial charge in [0, 0.05) is 12.8 Å². The van der Waals surface area contributed by atoms with Gasteiger partial charge in [-0.1, -0.05) is 83.2 Å². The molecule has 1 fully saturated rings. The van der Waals surface area contributed by atoms with E-state index in [1.807, 2.05) is 51.1 Å². The van der Waals surface area contributed by atoms with Gasteiger partial charge in [-0.15, -0.1) is 0 Å². The van der Waals surface area contributed by atoms with Gasteiger partial charge < -0.3 is 25.8 Å². The Hall–Kier alpha value is -2.94. The Bertz CT molecular complexity index is 1000. The van der Waals surface area contributed by atoms with E-state index < -0.39 is 47.7 Å². The molecule has 1 aromatic rings. The number of amides is 3. The van der Waals surface area contributed by atoms with Crippen LogP contribution in [0.4, 0.5) is 4.79 Å². The summed E-state index contributed by atoms with van der Waals surface area (Å²) in [5.41, 5.74) is 0.0880. The third kappa shape index (κ3) is 12.9. The van der Waals surface area contributed by atoms with Gasteiger partial charge in [-0.25, -0.2) is 4.79 Å². The summed E-state index contributed by atoms with van der Waals surface area (Å²) in [5.74, 6) is -0.864. The third-order valence-electron chi connectivity index (χ3n) is 7.48. The molecule has 4 atom stereocenters. The average molecular weight is 588 g/mol. The van der Waals surface area contributed by atoms with Crippen LogP contribution in [0.3, 0.4) is 0 Å². The fourth-order valence-corrected chi connectivity index (χ4v) is 5.43. The number of nitrogens with one attached hydrogen (secondary N) is 3. The van der Waals surface area contributed by atoms with Crippen LogP contribution in [0, 0.1) is 11.8 Å². The maximum absolute atomic E-state index is 13.7. The normalized spacial score (nSPS) is 17.0. The highest BCUT2D eigenvalue weighted by Crippen LogP contribution is 2.28. The van der Waals surface area contributed by atoms with Crippen LogP contribution >= 0.6 is 0 Å². The maximum atomic E-state index is 13.7. The fraction of sp³-hybridized carbons (Fsp3) is 0.697. The smallest absolute Gasteiger partial charge is 0.408 e. The minimum Gasteiger partial charge on any atom is -0.444 e. The predicted octanol–water partition coefficient (Wildman–Crippen LogP) is 4.84. The third-order valence-corrected chi connectivity index (χ3v) is 7.48. The predicted molar refractivity (Wildman–Crippen MR) is 164 cm³/mol. The quantitative estimate of drug-likeness (QED) is 0.232. The molecule has 1 saturated carbocycles. The second kappa shape index (κ2) is 17.2. The van der Waals surface area contributed by atoms with E-state index in [-0.39, 0.29) is 24.5 Å². The van der Waals surface area contributed by atoms with Gasteiger partial charge >= 0.3 is 6.09 Å². The zero-order valence-electron chi connectivity index (χ0n) is 26.4. The second-order valence-electron chi connectivity index (χ2n) is 13.1. The lowest BCUT2D eigenvalue weighted by Crippen LogP contribution is -2.58. The zero-order chi connectivity index (χ0) is 31.3. The summed E-state index contributed by atoms with van der Waals surface area (Å²) in [4.78, 5) is 52.6. The molecule has 236 valence electrons. The minimum absolute atomic E-state index is 0.0656. The number of ketones is 1. The van der Waals surface area contributed by atoms with Gasteiger partial charge in [-0.3, -0.25) is 14.4 Å². The second-order valence-corrected chi connectivity index (χ2v) is 13.1. The van der Waals surface area contributed by atoms with Crippen LogP contribution < -0.4 is 16.0 Å². The number of ether oxygens (including phenoxy) is 1. The molecule has 2 rings (SSSR count). The van der Waals surface area contributed by atoms with Crippen molar-refractivity contribution < 1.29 is 29.0 Å². The van der Waals surface area contributed by atoms with Crippen LogP contribution in [0.2, 0.25) is 0 Å². The number of carbonyl (C=O) groups is 4. The van der Waals surface area contributed by atoms with Crippen LogP contribution in [0.1, 0.15) is 105 Å². The van der Waals surface area contributed by atoms with Crippen molar-refractivity contribution in [3.63, 3.8) is 0 Å². The molecule has 0 saturated heterocycles. The zero-order valence-corrected chi connectivity index (χ0v) is 26.4. The first-order chi connectivity index (χ1) is 19.8. The Morgan fingerprint density at radius 2 is 1.55 bits per heavy atom. The molecule has 0 bridgehead atoms. The van der Waals surface area contributed by atoms with Crippen LogP contribution in [-0.4, -0.2) is 58.6 Å².